The Balaban J connectivity index is 1.51. The van der Waals surface area contributed by atoms with Crippen molar-refractivity contribution < 1.29 is 14.4 Å². The molecule has 6 nitrogen and oxygen atoms in total. The van der Waals surface area contributed by atoms with Crippen LogP contribution in [0.5, 0.6) is 0 Å². The Morgan fingerprint density at radius 3 is 2.31 bits per heavy atom. The van der Waals surface area contributed by atoms with Crippen LogP contribution in [0.2, 0.25) is 10.0 Å². The lowest BCUT2D eigenvalue weighted by molar-refractivity contribution is -0.116. The summed E-state index contributed by atoms with van der Waals surface area (Å²) >= 11 is 13.7. The summed E-state index contributed by atoms with van der Waals surface area (Å²) in [6.45, 7) is 3.85. The Labute approximate surface area is 259 Å². The molecule has 4 aromatic carbocycles. The third kappa shape index (κ3) is 8.26. The molecule has 4 rings (SSSR count). The van der Waals surface area contributed by atoms with E-state index >= 15 is 0 Å². The summed E-state index contributed by atoms with van der Waals surface area (Å²) in [5.41, 5.74) is 3.25. The maximum atomic E-state index is 13.5. The number of nitrogens with one attached hydrogen (secondary N) is 3. The Bertz CT molecular complexity index is 1630. The summed E-state index contributed by atoms with van der Waals surface area (Å²) in [6, 6.07) is 28.5. The van der Waals surface area contributed by atoms with E-state index in [4.69, 9.17) is 23.2 Å². The average Bonchev–Trinajstić information content (AvgIpc) is 2.99. The number of rotatable bonds is 10. The van der Waals surface area contributed by atoms with Crippen molar-refractivity contribution in [3.05, 3.63) is 129 Å². The van der Waals surface area contributed by atoms with Gasteiger partial charge < -0.3 is 16.0 Å². The minimum atomic E-state index is -0.481. The van der Waals surface area contributed by atoms with Gasteiger partial charge in [0.25, 0.3) is 11.8 Å². The molecule has 3 N–H and O–H groups in total. The summed E-state index contributed by atoms with van der Waals surface area (Å²) in [5, 5.41) is 8.71. The number of hydrogen-bond donors (Lipinski definition) is 3. The molecule has 9 heteroatoms. The number of halogens is 2. The molecule has 0 bridgehead atoms. The van der Waals surface area contributed by atoms with Gasteiger partial charge in [0.1, 0.15) is 5.70 Å². The first-order chi connectivity index (χ1) is 20.2. The maximum Gasteiger partial charge on any atom is 0.272 e. The molecule has 0 aromatic heterocycles. The second-order valence-corrected chi connectivity index (χ2v) is 11.4. The number of benzene rings is 4. The summed E-state index contributed by atoms with van der Waals surface area (Å²) in [7, 11) is 0. The van der Waals surface area contributed by atoms with E-state index in [-0.39, 0.29) is 16.6 Å². The van der Waals surface area contributed by atoms with Gasteiger partial charge in [-0.1, -0.05) is 84.7 Å². The second kappa shape index (κ2) is 14.7. The highest BCUT2D eigenvalue weighted by Gasteiger charge is 2.20. The van der Waals surface area contributed by atoms with Gasteiger partial charge in [0.2, 0.25) is 5.91 Å². The molecule has 214 valence electrons. The van der Waals surface area contributed by atoms with E-state index in [2.05, 4.69) is 16.0 Å². The fourth-order valence-corrected chi connectivity index (χ4v) is 5.35. The van der Waals surface area contributed by atoms with Gasteiger partial charge in [-0.2, -0.15) is 0 Å². The monoisotopic (exact) mass is 617 g/mol. The molecule has 0 fully saturated rings. The molecule has 0 radical (unpaired) electrons. The predicted octanol–water partition coefficient (Wildman–Crippen LogP) is 8.22. The molecule has 4 aromatic rings. The van der Waals surface area contributed by atoms with Crippen molar-refractivity contribution in [2.24, 2.45) is 0 Å². The fourth-order valence-electron chi connectivity index (χ4n) is 3.99. The zero-order chi connectivity index (χ0) is 30.1. The first kappa shape index (κ1) is 30.9. The van der Waals surface area contributed by atoms with E-state index in [1.54, 1.807) is 66.7 Å². The number of anilines is 2. The van der Waals surface area contributed by atoms with Crippen LogP contribution in [-0.2, 0) is 9.59 Å². The number of hydrogen-bond acceptors (Lipinski definition) is 4. The van der Waals surface area contributed by atoms with Crippen LogP contribution in [0.1, 0.15) is 34.8 Å². The highest BCUT2D eigenvalue weighted by molar-refractivity contribution is 8.00. The van der Waals surface area contributed by atoms with Crippen molar-refractivity contribution >= 4 is 70.1 Å². The first-order valence-electron chi connectivity index (χ1n) is 13.2. The van der Waals surface area contributed by atoms with Gasteiger partial charge in [-0.15, -0.1) is 11.8 Å². The van der Waals surface area contributed by atoms with Crippen molar-refractivity contribution in [3.8, 4) is 0 Å². The number of thioether (sulfide) groups is 1. The van der Waals surface area contributed by atoms with E-state index in [0.717, 1.165) is 16.0 Å². The highest BCUT2D eigenvalue weighted by atomic mass is 35.5. The van der Waals surface area contributed by atoms with Crippen LogP contribution in [0.25, 0.3) is 6.08 Å². The van der Waals surface area contributed by atoms with Crippen LogP contribution in [0.4, 0.5) is 11.4 Å². The SMILES string of the molecule is CCC(Sc1cccc(NC(=O)/C(=C/c2ccccc2C)NC(=O)c2ccccc2)c1)C(=O)Nc1cccc(Cl)c1Cl. The van der Waals surface area contributed by atoms with Crippen LogP contribution in [0.3, 0.4) is 0 Å². The van der Waals surface area contributed by atoms with Crippen molar-refractivity contribution in [2.75, 3.05) is 10.6 Å². The van der Waals surface area contributed by atoms with Crippen LogP contribution in [0, 0.1) is 6.92 Å². The lowest BCUT2D eigenvalue weighted by atomic mass is 10.1. The Morgan fingerprint density at radius 1 is 0.857 bits per heavy atom. The van der Waals surface area contributed by atoms with E-state index in [1.807, 2.05) is 50.2 Å². The van der Waals surface area contributed by atoms with Gasteiger partial charge in [0.05, 0.1) is 21.0 Å². The van der Waals surface area contributed by atoms with Crippen LogP contribution in [0.15, 0.2) is 108 Å². The molecule has 0 heterocycles. The molecule has 0 saturated heterocycles. The van der Waals surface area contributed by atoms with Crippen LogP contribution < -0.4 is 16.0 Å². The maximum absolute atomic E-state index is 13.5. The fraction of sp³-hybridized carbons (Fsp3) is 0.121. The minimum Gasteiger partial charge on any atom is -0.324 e. The topological polar surface area (TPSA) is 87.3 Å². The van der Waals surface area contributed by atoms with Crippen LogP contribution >= 0.6 is 35.0 Å². The zero-order valence-corrected chi connectivity index (χ0v) is 25.3. The van der Waals surface area contributed by atoms with Crippen molar-refractivity contribution in [1.82, 2.24) is 5.32 Å². The first-order valence-corrected chi connectivity index (χ1v) is 14.9. The van der Waals surface area contributed by atoms with E-state index < -0.39 is 17.1 Å². The molecule has 0 aliphatic rings. The van der Waals surface area contributed by atoms with Crippen molar-refractivity contribution in [1.29, 1.82) is 0 Å². The molecular weight excluding hydrogens is 589 g/mol. The molecule has 0 aliphatic heterocycles. The van der Waals surface area contributed by atoms with E-state index in [9.17, 15) is 14.4 Å². The predicted molar refractivity (Wildman–Crippen MR) is 173 cm³/mol. The molecule has 0 aliphatic carbocycles. The van der Waals surface area contributed by atoms with Gasteiger partial charge in [-0.3, -0.25) is 14.4 Å². The van der Waals surface area contributed by atoms with Crippen LogP contribution in [-0.4, -0.2) is 23.0 Å². The molecule has 0 saturated carbocycles. The molecule has 1 unspecified atom stereocenters. The molecule has 3 amide bonds. The molecule has 0 spiro atoms. The Kier molecular flexibility index (Phi) is 10.8. The van der Waals surface area contributed by atoms with Crippen molar-refractivity contribution in [3.63, 3.8) is 0 Å². The average molecular weight is 619 g/mol. The summed E-state index contributed by atoms with van der Waals surface area (Å²) in [6.07, 6.45) is 2.21. The van der Waals surface area contributed by atoms with Gasteiger partial charge in [0, 0.05) is 16.1 Å². The summed E-state index contributed by atoms with van der Waals surface area (Å²) < 4.78 is 0. The zero-order valence-electron chi connectivity index (χ0n) is 23.0. The smallest absolute Gasteiger partial charge is 0.272 e. The van der Waals surface area contributed by atoms with Gasteiger partial charge in [-0.05, 0) is 73.0 Å². The lowest BCUT2D eigenvalue weighted by Gasteiger charge is -2.17. The largest absolute Gasteiger partial charge is 0.324 e. The van der Waals surface area contributed by atoms with E-state index in [0.29, 0.717) is 28.4 Å². The van der Waals surface area contributed by atoms with Gasteiger partial charge in [0.15, 0.2) is 0 Å². The quantitative estimate of drug-likeness (QED) is 0.124. The summed E-state index contributed by atoms with van der Waals surface area (Å²) in [5.74, 6) is -1.09. The minimum absolute atomic E-state index is 0.0976. The molecular formula is C33H29Cl2N3O3S. The second-order valence-electron chi connectivity index (χ2n) is 9.32. The van der Waals surface area contributed by atoms with Gasteiger partial charge >= 0.3 is 0 Å². The molecule has 1 atom stereocenters. The number of carbonyl (C=O) groups is 3. The molecule has 42 heavy (non-hydrogen) atoms. The third-order valence-electron chi connectivity index (χ3n) is 6.26. The summed E-state index contributed by atoms with van der Waals surface area (Å²) in [4.78, 5) is 40.2. The van der Waals surface area contributed by atoms with Gasteiger partial charge in [-0.25, -0.2) is 0 Å². The van der Waals surface area contributed by atoms with Crippen molar-refractivity contribution in [2.45, 2.75) is 30.4 Å². The third-order valence-corrected chi connectivity index (χ3v) is 8.44. The normalized spacial score (nSPS) is 11.9. The Morgan fingerprint density at radius 2 is 1.57 bits per heavy atom. The lowest BCUT2D eigenvalue weighted by Crippen LogP contribution is -2.30. The van der Waals surface area contributed by atoms with E-state index in [1.165, 1.54) is 11.8 Å². The standard InChI is InChI=1S/C33H29Cl2N3O3S/c1-3-29(33(41)37-27-18-10-17-26(34)30(27)35)42-25-16-9-15-24(20-25)36-32(40)28(19-23-14-8-7-11-21(23)2)38-31(39)22-12-5-4-6-13-22/h4-20,29H,3H2,1-2H3,(H,36,40)(H,37,41)(H,38,39)/b28-19-. The highest BCUT2D eigenvalue weighted by Crippen LogP contribution is 2.32. The Hall–Kier alpha value is -4.04. The number of carbonyl (C=O) groups excluding carboxylic acids is 3. The number of amides is 3. The number of aryl methyl sites for hydroxylation is 1.